The van der Waals surface area contributed by atoms with Gasteiger partial charge in [-0.1, -0.05) is 6.92 Å². The van der Waals surface area contributed by atoms with Crippen LogP contribution in [0.2, 0.25) is 0 Å². The normalized spacial score (nSPS) is 11.3. The fourth-order valence-electron chi connectivity index (χ4n) is 2.32. The molecule has 1 amide bonds. The number of anilines is 1. The van der Waals surface area contributed by atoms with Crippen molar-refractivity contribution in [3.8, 4) is 11.5 Å². The van der Waals surface area contributed by atoms with E-state index in [1.807, 2.05) is 6.92 Å². The Kier molecular flexibility index (Phi) is 7.53. The third kappa shape index (κ3) is 5.93. The molecule has 9 heteroatoms. The van der Waals surface area contributed by atoms with E-state index in [0.717, 1.165) is 6.42 Å². The van der Waals surface area contributed by atoms with Gasteiger partial charge in [-0.05, 0) is 49.7 Å². The van der Waals surface area contributed by atoms with Gasteiger partial charge in [-0.15, -0.1) is 0 Å². The summed E-state index contributed by atoms with van der Waals surface area (Å²) in [7, 11) is 1.38. The molecule has 0 bridgehead atoms. The second-order valence-corrected chi connectivity index (χ2v) is 6.05. The molecule has 0 spiro atoms. The highest BCUT2D eigenvalue weighted by molar-refractivity contribution is 5.98. The Morgan fingerprint density at radius 2 is 1.79 bits per heavy atom. The highest BCUT2D eigenvalue weighted by atomic mass is 16.6. The highest BCUT2D eigenvalue weighted by Crippen LogP contribution is 2.29. The summed E-state index contributed by atoms with van der Waals surface area (Å²) < 4.78 is 15.5. The zero-order valence-corrected chi connectivity index (χ0v) is 16.3. The monoisotopic (exact) mass is 402 g/mol. The molecule has 2 aromatic carbocycles. The Morgan fingerprint density at radius 1 is 1.14 bits per heavy atom. The van der Waals surface area contributed by atoms with Crippen LogP contribution in [-0.4, -0.2) is 36.6 Å². The van der Waals surface area contributed by atoms with Gasteiger partial charge >= 0.3 is 5.97 Å². The van der Waals surface area contributed by atoms with Gasteiger partial charge in [-0.2, -0.15) is 0 Å². The molecular formula is C20H22N2O7. The molecule has 2 aromatic rings. The fourth-order valence-corrected chi connectivity index (χ4v) is 2.32. The first-order valence-corrected chi connectivity index (χ1v) is 8.92. The number of hydrogen-bond donors (Lipinski definition) is 1. The van der Waals surface area contributed by atoms with Crippen molar-refractivity contribution in [3.05, 3.63) is 58.1 Å². The second kappa shape index (κ2) is 10.1. The van der Waals surface area contributed by atoms with E-state index in [1.54, 1.807) is 12.1 Å². The third-order valence-corrected chi connectivity index (χ3v) is 3.88. The van der Waals surface area contributed by atoms with E-state index in [2.05, 4.69) is 5.32 Å². The van der Waals surface area contributed by atoms with Crippen LogP contribution in [0.15, 0.2) is 42.5 Å². The molecule has 0 aliphatic rings. The number of methoxy groups -OCH3 is 1. The maximum Gasteiger partial charge on any atom is 0.338 e. The summed E-state index contributed by atoms with van der Waals surface area (Å²) in [5.41, 5.74) is -0.107. The van der Waals surface area contributed by atoms with E-state index >= 15 is 0 Å². The maximum atomic E-state index is 12.3. The smallest absolute Gasteiger partial charge is 0.338 e. The van der Waals surface area contributed by atoms with Gasteiger partial charge in [0, 0.05) is 0 Å². The molecule has 0 radical (unpaired) electrons. The van der Waals surface area contributed by atoms with Crippen molar-refractivity contribution in [2.75, 3.05) is 19.0 Å². The lowest BCUT2D eigenvalue weighted by Gasteiger charge is -2.14. The molecule has 1 N–H and O–H groups in total. The van der Waals surface area contributed by atoms with Gasteiger partial charge < -0.3 is 19.5 Å². The number of esters is 1. The number of nitrogens with one attached hydrogen (secondary N) is 1. The van der Waals surface area contributed by atoms with Crippen molar-refractivity contribution >= 4 is 23.3 Å². The van der Waals surface area contributed by atoms with Gasteiger partial charge in [0.2, 0.25) is 0 Å². The molecule has 9 nitrogen and oxygen atoms in total. The van der Waals surface area contributed by atoms with Crippen LogP contribution in [-0.2, 0) is 9.53 Å². The highest BCUT2D eigenvalue weighted by Gasteiger charge is 2.23. The van der Waals surface area contributed by atoms with E-state index in [0.29, 0.717) is 12.4 Å². The molecule has 0 aromatic heterocycles. The lowest BCUT2D eigenvalue weighted by molar-refractivity contribution is -0.384. The first-order valence-electron chi connectivity index (χ1n) is 8.92. The summed E-state index contributed by atoms with van der Waals surface area (Å²) in [6.07, 6.45) is -0.303. The number of nitro groups is 1. The van der Waals surface area contributed by atoms with Crippen molar-refractivity contribution in [1.82, 2.24) is 0 Å². The van der Waals surface area contributed by atoms with E-state index in [1.165, 1.54) is 44.4 Å². The largest absolute Gasteiger partial charge is 0.496 e. The van der Waals surface area contributed by atoms with E-state index < -0.39 is 22.9 Å². The van der Waals surface area contributed by atoms with Gasteiger partial charge in [0.1, 0.15) is 17.2 Å². The average Bonchev–Trinajstić information content (AvgIpc) is 2.72. The number of nitro benzene ring substituents is 1. The van der Waals surface area contributed by atoms with Crippen LogP contribution in [0.3, 0.4) is 0 Å². The molecule has 0 aliphatic carbocycles. The second-order valence-electron chi connectivity index (χ2n) is 6.05. The van der Waals surface area contributed by atoms with Gasteiger partial charge in [0.25, 0.3) is 11.6 Å². The molecule has 0 aliphatic heterocycles. The number of hydrogen-bond acceptors (Lipinski definition) is 7. The first-order chi connectivity index (χ1) is 13.8. The number of carbonyl (C=O) groups is 2. The van der Waals surface area contributed by atoms with Crippen molar-refractivity contribution in [2.24, 2.45) is 0 Å². The molecular weight excluding hydrogens is 380 g/mol. The maximum absolute atomic E-state index is 12.3. The molecule has 29 heavy (non-hydrogen) atoms. The molecule has 0 saturated heterocycles. The van der Waals surface area contributed by atoms with Crippen LogP contribution < -0.4 is 14.8 Å². The minimum absolute atomic E-state index is 0.0267. The average molecular weight is 402 g/mol. The molecule has 0 saturated carbocycles. The fraction of sp³-hybridized carbons (Fsp3) is 0.300. The Hall–Kier alpha value is -3.62. The van der Waals surface area contributed by atoms with Gasteiger partial charge in [-0.3, -0.25) is 14.9 Å². The van der Waals surface area contributed by atoms with Crippen LogP contribution in [0.1, 0.15) is 30.6 Å². The Morgan fingerprint density at radius 3 is 2.38 bits per heavy atom. The van der Waals surface area contributed by atoms with Crippen molar-refractivity contribution in [2.45, 2.75) is 26.4 Å². The lowest BCUT2D eigenvalue weighted by atomic mass is 10.2. The summed E-state index contributed by atoms with van der Waals surface area (Å²) in [6, 6.07) is 10.3. The lowest BCUT2D eigenvalue weighted by Crippen LogP contribution is -2.30. The summed E-state index contributed by atoms with van der Waals surface area (Å²) in [6.45, 7) is 3.93. The van der Waals surface area contributed by atoms with E-state index in [4.69, 9.17) is 14.2 Å². The van der Waals surface area contributed by atoms with Crippen LogP contribution >= 0.6 is 0 Å². The summed E-state index contributed by atoms with van der Waals surface area (Å²) in [5.74, 6) is -0.491. The quantitative estimate of drug-likeness (QED) is 0.387. The summed E-state index contributed by atoms with van der Waals surface area (Å²) in [4.78, 5) is 35.1. The predicted molar refractivity (Wildman–Crippen MR) is 105 cm³/mol. The van der Waals surface area contributed by atoms with E-state index in [-0.39, 0.29) is 22.7 Å². The first kappa shape index (κ1) is 21.7. The number of carbonyl (C=O) groups excluding carboxylic acids is 2. The zero-order valence-electron chi connectivity index (χ0n) is 16.3. The van der Waals surface area contributed by atoms with Gasteiger partial charge in [-0.25, -0.2) is 4.79 Å². The molecule has 0 heterocycles. The number of benzene rings is 2. The minimum Gasteiger partial charge on any atom is -0.496 e. The van der Waals surface area contributed by atoms with Gasteiger partial charge in [0.15, 0.2) is 6.10 Å². The molecule has 2 rings (SSSR count). The van der Waals surface area contributed by atoms with Gasteiger partial charge in [0.05, 0.1) is 30.3 Å². The topological polar surface area (TPSA) is 117 Å². The van der Waals surface area contributed by atoms with Crippen LogP contribution in [0, 0.1) is 10.1 Å². The van der Waals surface area contributed by atoms with Crippen molar-refractivity contribution in [3.63, 3.8) is 0 Å². The summed E-state index contributed by atoms with van der Waals surface area (Å²) in [5, 5.41) is 13.6. The minimum atomic E-state index is -1.17. The van der Waals surface area contributed by atoms with Crippen molar-refractivity contribution < 1.29 is 28.7 Å². The summed E-state index contributed by atoms with van der Waals surface area (Å²) >= 11 is 0. The standard InChI is InChI=1S/C20H22N2O7/c1-4-11-28-15-7-5-14(6-8-15)20(24)29-13(2)19(23)21-17-10-9-16(27-3)12-18(17)22(25)26/h5-10,12-13H,4,11H2,1-3H3,(H,21,23)/t13-/m1/s1. The SMILES string of the molecule is CCCOc1ccc(C(=O)O[C@H](C)C(=O)Nc2ccc(OC)cc2[N+](=O)[O-])cc1. The molecule has 154 valence electrons. The number of rotatable bonds is 9. The van der Waals surface area contributed by atoms with Crippen LogP contribution in [0.25, 0.3) is 0 Å². The van der Waals surface area contributed by atoms with Crippen LogP contribution in [0.4, 0.5) is 11.4 Å². The molecule has 0 fully saturated rings. The zero-order chi connectivity index (χ0) is 21.4. The molecule has 1 atom stereocenters. The third-order valence-electron chi connectivity index (χ3n) is 3.88. The number of ether oxygens (including phenoxy) is 3. The van der Waals surface area contributed by atoms with Crippen LogP contribution in [0.5, 0.6) is 11.5 Å². The Bertz CT molecular complexity index is 881. The molecule has 0 unspecified atom stereocenters. The van der Waals surface area contributed by atoms with Crippen molar-refractivity contribution in [1.29, 1.82) is 0 Å². The Labute approximate surface area is 167 Å². The van der Waals surface area contributed by atoms with E-state index in [9.17, 15) is 19.7 Å². The Balaban J connectivity index is 2.02. The number of amides is 1. The predicted octanol–water partition coefficient (Wildman–Crippen LogP) is 3.58. The number of nitrogens with zero attached hydrogens (tertiary/aromatic N) is 1.